The molecule has 0 aliphatic heterocycles. The van der Waals surface area contributed by atoms with E-state index in [-0.39, 0.29) is 6.10 Å². The van der Waals surface area contributed by atoms with Crippen molar-refractivity contribution in [3.05, 3.63) is 12.2 Å². The lowest BCUT2D eigenvalue weighted by atomic mass is 9.80. The summed E-state index contributed by atoms with van der Waals surface area (Å²) in [5.41, 5.74) is 0. The molecule has 5 atom stereocenters. The highest BCUT2D eigenvalue weighted by Crippen LogP contribution is 2.56. The van der Waals surface area contributed by atoms with Crippen molar-refractivity contribution >= 4 is 0 Å². The molecular weight excluding hydrogens is 136 g/mol. The molecule has 1 N–H and O–H groups in total. The lowest BCUT2D eigenvalue weighted by molar-refractivity contribution is 0.0746. The second-order valence-corrected chi connectivity index (χ2v) is 4.37. The van der Waals surface area contributed by atoms with Crippen molar-refractivity contribution in [2.45, 2.75) is 25.4 Å². The smallest absolute Gasteiger partial charge is 0.0577 e. The summed E-state index contributed by atoms with van der Waals surface area (Å²) in [5.74, 6) is 3.16. The van der Waals surface area contributed by atoms with E-state index < -0.39 is 0 Å². The SMILES string of the molecule is O[C@@H]1C[C@H]2C[C@@H]1[C@@H]1C=CC[C@H]21. The molecule has 0 unspecified atom stereocenters. The minimum absolute atomic E-state index is 0.0315. The number of hydrogen-bond acceptors (Lipinski definition) is 1. The minimum atomic E-state index is 0.0315. The normalized spacial score (nSPS) is 58.8. The van der Waals surface area contributed by atoms with Gasteiger partial charge in [0.1, 0.15) is 0 Å². The Balaban J connectivity index is 1.94. The average molecular weight is 150 g/mol. The van der Waals surface area contributed by atoms with Gasteiger partial charge in [0.25, 0.3) is 0 Å². The molecule has 0 radical (unpaired) electrons. The summed E-state index contributed by atoms with van der Waals surface area (Å²) in [6, 6.07) is 0. The zero-order valence-electron chi connectivity index (χ0n) is 6.61. The summed E-state index contributed by atoms with van der Waals surface area (Å²) >= 11 is 0. The molecule has 2 saturated carbocycles. The molecule has 3 aliphatic rings. The summed E-state index contributed by atoms with van der Waals surface area (Å²) in [6.45, 7) is 0. The number of hydrogen-bond donors (Lipinski definition) is 1. The Morgan fingerprint density at radius 2 is 2.09 bits per heavy atom. The van der Waals surface area contributed by atoms with Crippen molar-refractivity contribution in [2.75, 3.05) is 0 Å². The van der Waals surface area contributed by atoms with Gasteiger partial charge in [0, 0.05) is 0 Å². The molecule has 3 rings (SSSR count). The Hall–Kier alpha value is -0.300. The maximum absolute atomic E-state index is 9.63. The quantitative estimate of drug-likeness (QED) is 0.520. The molecule has 0 saturated heterocycles. The molecule has 0 aromatic carbocycles. The van der Waals surface area contributed by atoms with Crippen LogP contribution in [0.5, 0.6) is 0 Å². The molecule has 1 heteroatoms. The van der Waals surface area contributed by atoms with Gasteiger partial charge >= 0.3 is 0 Å². The summed E-state index contributed by atoms with van der Waals surface area (Å²) in [7, 11) is 0. The van der Waals surface area contributed by atoms with Crippen molar-refractivity contribution in [3.8, 4) is 0 Å². The first-order valence-electron chi connectivity index (χ1n) is 4.71. The van der Waals surface area contributed by atoms with Crippen molar-refractivity contribution in [1.29, 1.82) is 0 Å². The van der Waals surface area contributed by atoms with E-state index in [2.05, 4.69) is 12.2 Å². The molecule has 0 spiro atoms. The van der Waals surface area contributed by atoms with Crippen LogP contribution in [-0.4, -0.2) is 11.2 Å². The molecule has 11 heavy (non-hydrogen) atoms. The molecule has 0 amide bonds. The fourth-order valence-electron chi connectivity index (χ4n) is 3.51. The van der Waals surface area contributed by atoms with Crippen LogP contribution in [0.4, 0.5) is 0 Å². The van der Waals surface area contributed by atoms with Gasteiger partial charge in [-0.05, 0) is 42.9 Å². The first kappa shape index (κ1) is 6.24. The highest BCUT2D eigenvalue weighted by molar-refractivity contribution is 5.14. The summed E-state index contributed by atoms with van der Waals surface area (Å²) < 4.78 is 0. The Morgan fingerprint density at radius 3 is 3.00 bits per heavy atom. The van der Waals surface area contributed by atoms with Gasteiger partial charge < -0.3 is 5.11 Å². The third-order valence-electron chi connectivity index (χ3n) is 3.97. The maximum Gasteiger partial charge on any atom is 0.0577 e. The van der Waals surface area contributed by atoms with E-state index in [1.165, 1.54) is 12.8 Å². The van der Waals surface area contributed by atoms with Crippen molar-refractivity contribution in [3.63, 3.8) is 0 Å². The summed E-state index contributed by atoms with van der Waals surface area (Å²) in [4.78, 5) is 0. The zero-order chi connectivity index (χ0) is 7.42. The Kier molecular flexibility index (Phi) is 1.07. The van der Waals surface area contributed by atoms with E-state index in [1.54, 1.807) is 0 Å². The maximum atomic E-state index is 9.63. The topological polar surface area (TPSA) is 20.2 Å². The molecule has 60 valence electrons. The third kappa shape index (κ3) is 0.652. The van der Waals surface area contributed by atoms with E-state index in [0.29, 0.717) is 5.92 Å². The fraction of sp³-hybridized carbons (Fsp3) is 0.800. The summed E-state index contributed by atoms with van der Waals surface area (Å²) in [5, 5.41) is 9.63. The van der Waals surface area contributed by atoms with Gasteiger partial charge in [-0.3, -0.25) is 0 Å². The second kappa shape index (κ2) is 1.89. The molecule has 0 aromatic heterocycles. The van der Waals surface area contributed by atoms with Crippen LogP contribution in [0.1, 0.15) is 19.3 Å². The predicted molar refractivity (Wildman–Crippen MR) is 43.0 cm³/mol. The Bertz CT molecular complexity index is 209. The lowest BCUT2D eigenvalue weighted by Gasteiger charge is -2.27. The van der Waals surface area contributed by atoms with Crippen LogP contribution in [-0.2, 0) is 0 Å². The van der Waals surface area contributed by atoms with E-state index in [0.717, 1.165) is 24.2 Å². The minimum Gasteiger partial charge on any atom is -0.393 e. The highest BCUT2D eigenvalue weighted by atomic mass is 16.3. The summed E-state index contributed by atoms with van der Waals surface area (Å²) in [6.07, 6.45) is 8.38. The van der Waals surface area contributed by atoms with Crippen LogP contribution in [0.2, 0.25) is 0 Å². The zero-order valence-corrected chi connectivity index (χ0v) is 6.61. The second-order valence-electron chi connectivity index (χ2n) is 4.37. The van der Waals surface area contributed by atoms with E-state index >= 15 is 0 Å². The van der Waals surface area contributed by atoms with Crippen molar-refractivity contribution in [1.82, 2.24) is 0 Å². The van der Waals surface area contributed by atoms with E-state index in [1.807, 2.05) is 0 Å². The molecule has 2 fully saturated rings. The number of rotatable bonds is 0. The molecule has 0 aromatic rings. The van der Waals surface area contributed by atoms with E-state index in [4.69, 9.17) is 0 Å². The van der Waals surface area contributed by atoms with Crippen LogP contribution in [0.3, 0.4) is 0 Å². The van der Waals surface area contributed by atoms with Gasteiger partial charge in [-0.1, -0.05) is 12.2 Å². The monoisotopic (exact) mass is 150 g/mol. The van der Waals surface area contributed by atoms with Gasteiger partial charge in [0.2, 0.25) is 0 Å². The Labute approximate surface area is 67.1 Å². The highest BCUT2D eigenvalue weighted by Gasteiger charge is 2.51. The molecule has 3 aliphatic carbocycles. The van der Waals surface area contributed by atoms with Crippen LogP contribution >= 0.6 is 0 Å². The fourth-order valence-corrected chi connectivity index (χ4v) is 3.51. The molecular formula is C10H14O. The first-order valence-corrected chi connectivity index (χ1v) is 4.71. The van der Waals surface area contributed by atoms with Gasteiger partial charge in [-0.25, -0.2) is 0 Å². The Morgan fingerprint density at radius 1 is 1.18 bits per heavy atom. The number of aliphatic hydroxyl groups is 1. The number of fused-ring (bicyclic) bond motifs is 5. The van der Waals surface area contributed by atoms with Crippen LogP contribution in [0, 0.1) is 23.7 Å². The van der Waals surface area contributed by atoms with Crippen LogP contribution < -0.4 is 0 Å². The predicted octanol–water partition coefficient (Wildman–Crippen LogP) is 1.58. The molecule has 0 heterocycles. The lowest BCUT2D eigenvalue weighted by Crippen LogP contribution is -2.27. The standard InChI is InChI=1S/C10H14O/c11-10-5-6-4-9(10)8-3-1-2-7(6)8/h1,3,6-11H,2,4-5H2/t6-,7-,8-,9-,10-/m1/s1. The van der Waals surface area contributed by atoms with Crippen molar-refractivity contribution in [2.24, 2.45) is 23.7 Å². The van der Waals surface area contributed by atoms with Gasteiger partial charge in [-0.15, -0.1) is 0 Å². The van der Waals surface area contributed by atoms with Gasteiger partial charge in [0.05, 0.1) is 6.10 Å². The number of allylic oxidation sites excluding steroid dienone is 2. The third-order valence-corrected chi connectivity index (χ3v) is 3.97. The number of aliphatic hydroxyl groups excluding tert-OH is 1. The van der Waals surface area contributed by atoms with Gasteiger partial charge in [0.15, 0.2) is 0 Å². The van der Waals surface area contributed by atoms with Gasteiger partial charge in [-0.2, -0.15) is 0 Å². The van der Waals surface area contributed by atoms with Crippen molar-refractivity contribution < 1.29 is 5.11 Å². The largest absolute Gasteiger partial charge is 0.393 e. The molecule has 1 nitrogen and oxygen atoms in total. The molecule has 2 bridgehead atoms. The van der Waals surface area contributed by atoms with Crippen LogP contribution in [0.25, 0.3) is 0 Å². The van der Waals surface area contributed by atoms with E-state index in [9.17, 15) is 5.11 Å². The first-order chi connectivity index (χ1) is 5.36. The van der Waals surface area contributed by atoms with Crippen LogP contribution in [0.15, 0.2) is 12.2 Å². The average Bonchev–Trinajstić information content (AvgIpc) is 2.52.